The number of hydrogen-bond acceptors (Lipinski definition) is 0. The maximum absolute atomic E-state index is 2.33. The fourth-order valence-electron chi connectivity index (χ4n) is 1.12. The highest BCUT2D eigenvalue weighted by Crippen LogP contribution is 2.22. The summed E-state index contributed by atoms with van der Waals surface area (Å²) in [5, 5.41) is 0. The lowest BCUT2D eigenvalue weighted by molar-refractivity contribution is 0.413. The Labute approximate surface area is 51.6 Å². The quantitative estimate of drug-likeness (QED) is 0.420. The Bertz CT molecular complexity index is 92.2. The Kier molecular flexibility index (Phi) is 1.72. The van der Waals surface area contributed by atoms with E-state index < -0.39 is 0 Å². The second-order valence-electron chi connectivity index (χ2n) is 2.84. The first-order chi connectivity index (χ1) is 3.80. The van der Waals surface area contributed by atoms with Gasteiger partial charge in [-0.1, -0.05) is 26.0 Å². The van der Waals surface area contributed by atoms with Crippen molar-refractivity contribution in [1.29, 1.82) is 0 Å². The van der Waals surface area contributed by atoms with Crippen molar-refractivity contribution >= 4 is 0 Å². The smallest absolute Gasteiger partial charge is 0.0236 e. The monoisotopic (exact) mass is 110 g/mol. The van der Waals surface area contributed by atoms with Gasteiger partial charge >= 0.3 is 0 Å². The molecule has 0 bridgehead atoms. The highest BCUT2D eigenvalue weighted by Gasteiger charge is 2.10. The molecule has 0 heteroatoms. The van der Waals surface area contributed by atoms with E-state index in [9.17, 15) is 0 Å². The van der Waals surface area contributed by atoms with E-state index in [0.717, 1.165) is 11.8 Å². The van der Waals surface area contributed by atoms with Gasteiger partial charge in [-0.25, -0.2) is 0 Å². The van der Waals surface area contributed by atoms with Crippen LogP contribution in [-0.2, 0) is 0 Å². The Morgan fingerprint density at radius 1 is 1.38 bits per heavy atom. The third kappa shape index (κ3) is 1.12. The van der Waals surface area contributed by atoms with Crippen molar-refractivity contribution in [1.82, 2.24) is 0 Å². The maximum atomic E-state index is 2.33. The van der Waals surface area contributed by atoms with Crippen molar-refractivity contribution in [2.24, 2.45) is 11.8 Å². The number of rotatable bonds is 0. The van der Waals surface area contributed by atoms with Crippen molar-refractivity contribution < 1.29 is 0 Å². The molecular weight excluding hydrogens is 96.1 g/mol. The Morgan fingerprint density at radius 2 is 2.12 bits per heavy atom. The molecule has 8 heavy (non-hydrogen) atoms. The van der Waals surface area contributed by atoms with E-state index in [1.807, 2.05) is 0 Å². The second kappa shape index (κ2) is 2.34. The molecule has 0 fully saturated rings. The molecule has 1 aliphatic rings. The molecule has 1 rings (SSSR count). The van der Waals surface area contributed by atoms with Crippen LogP contribution < -0.4 is 0 Å². The summed E-state index contributed by atoms with van der Waals surface area (Å²) in [4.78, 5) is 0. The summed E-state index contributed by atoms with van der Waals surface area (Å²) in [5.41, 5.74) is 0. The molecule has 0 amide bonds. The van der Waals surface area contributed by atoms with Crippen LogP contribution in [0.2, 0.25) is 0 Å². The largest absolute Gasteiger partial charge is 0.0882 e. The Morgan fingerprint density at radius 3 is 2.50 bits per heavy atom. The molecule has 0 heterocycles. The number of hydrogen-bond donors (Lipinski definition) is 0. The van der Waals surface area contributed by atoms with Crippen LogP contribution in [0.1, 0.15) is 26.7 Å². The predicted octanol–water partition coefficient (Wildman–Crippen LogP) is 2.61. The van der Waals surface area contributed by atoms with E-state index in [4.69, 9.17) is 0 Å². The molecule has 46 valence electrons. The van der Waals surface area contributed by atoms with Gasteiger partial charge in [-0.3, -0.25) is 0 Å². The van der Waals surface area contributed by atoms with Gasteiger partial charge in [0.15, 0.2) is 0 Å². The van der Waals surface area contributed by atoms with Gasteiger partial charge in [0.2, 0.25) is 0 Å². The topological polar surface area (TPSA) is 0 Å². The van der Waals surface area contributed by atoms with Crippen molar-refractivity contribution in [3.8, 4) is 0 Å². The molecule has 0 saturated carbocycles. The lowest BCUT2D eigenvalue weighted by Gasteiger charge is -2.19. The van der Waals surface area contributed by atoms with Crippen LogP contribution in [0.5, 0.6) is 0 Å². The summed E-state index contributed by atoms with van der Waals surface area (Å²) in [7, 11) is 0. The first-order valence-electron chi connectivity index (χ1n) is 3.47. The van der Waals surface area contributed by atoms with Crippen LogP contribution in [0.25, 0.3) is 0 Å². The van der Waals surface area contributed by atoms with Gasteiger partial charge in [-0.2, -0.15) is 0 Å². The third-order valence-corrected chi connectivity index (χ3v) is 2.13. The first kappa shape index (κ1) is 5.87. The zero-order valence-corrected chi connectivity index (χ0v) is 5.72. The summed E-state index contributed by atoms with van der Waals surface area (Å²) in [5.74, 6) is 1.74. The normalized spacial score (nSPS) is 37.8. The molecule has 0 radical (unpaired) electrons. The van der Waals surface area contributed by atoms with E-state index in [2.05, 4.69) is 26.0 Å². The molecule has 0 N–H and O–H groups in total. The van der Waals surface area contributed by atoms with Crippen LogP contribution >= 0.6 is 0 Å². The fourth-order valence-corrected chi connectivity index (χ4v) is 1.12. The lowest BCUT2D eigenvalue weighted by Crippen LogP contribution is -2.07. The van der Waals surface area contributed by atoms with Crippen molar-refractivity contribution in [3.63, 3.8) is 0 Å². The zero-order chi connectivity index (χ0) is 5.98. The van der Waals surface area contributed by atoms with Gasteiger partial charge in [0.1, 0.15) is 0 Å². The van der Waals surface area contributed by atoms with E-state index in [1.165, 1.54) is 12.8 Å². The average Bonchev–Trinajstić information content (AvgIpc) is 1.77. The molecular formula is C8H14. The molecule has 0 aromatic carbocycles. The van der Waals surface area contributed by atoms with Crippen LogP contribution in [0, 0.1) is 11.8 Å². The van der Waals surface area contributed by atoms with Crippen molar-refractivity contribution in [2.75, 3.05) is 0 Å². The molecule has 0 spiro atoms. The Balaban J connectivity index is 2.47. The van der Waals surface area contributed by atoms with E-state index in [0.29, 0.717) is 0 Å². The zero-order valence-electron chi connectivity index (χ0n) is 5.72. The standard InChI is InChI=1S/C8H14/c1-7-5-3-4-6-8(7)2/h3,5,7-8H,4,6H2,1-2H3/t7-,8?/m1/s1. The SMILES string of the molecule is CC1CCC=C[C@H]1C. The van der Waals surface area contributed by atoms with Crippen molar-refractivity contribution in [2.45, 2.75) is 26.7 Å². The van der Waals surface area contributed by atoms with Gasteiger partial charge in [-0.05, 0) is 24.7 Å². The van der Waals surface area contributed by atoms with Gasteiger partial charge in [-0.15, -0.1) is 0 Å². The molecule has 0 aromatic rings. The van der Waals surface area contributed by atoms with Crippen molar-refractivity contribution in [3.05, 3.63) is 12.2 Å². The van der Waals surface area contributed by atoms with Gasteiger partial charge in [0.05, 0.1) is 0 Å². The molecule has 0 aromatic heterocycles. The minimum atomic E-state index is 0.823. The Hall–Kier alpha value is -0.260. The predicted molar refractivity (Wildman–Crippen MR) is 36.7 cm³/mol. The molecule has 1 aliphatic carbocycles. The molecule has 0 aliphatic heterocycles. The van der Waals surface area contributed by atoms with E-state index in [1.54, 1.807) is 0 Å². The molecule has 2 atom stereocenters. The van der Waals surface area contributed by atoms with E-state index >= 15 is 0 Å². The van der Waals surface area contributed by atoms with Crippen LogP contribution in [0.4, 0.5) is 0 Å². The number of allylic oxidation sites excluding steroid dienone is 2. The molecule has 1 unspecified atom stereocenters. The molecule has 0 nitrogen and oxygen atoms in total. The van der Waals surface area contributed by atoms with Crippen LogP contribution in [0.3, 0.4) is 0 Å². The summed E-state index contributed by atoms with van der Waals surface area (Å²) >= 11 is 0. The summed E-state index contributed by atoms with van der Waals surface area (Å²) < 4.78 is 0. The van der Waals surface area contributed by atoms with Gasteiger partial charge in [0, 0.05) is 0 Å². The second-order valence-corrected chi connectivity index (χ2v) is 2.84. The van der Waals surface area contributed by atoms with Crippen LogP contribution in [0.15, 0.2) is 12.2 Å². The minimum Gasteiger partial charge on any atom is -0.0882 e. The first-order valence-corrected chi connectivity index (χ1v) is 3.47. The fraction of sp³-hybridized carbons (Fsp3) is 0.750. The summed E-state index contributed by atoms with van der Waals surface area (Å²) in [6, 6.07) is 0. The maximum Gasteiger partial charge on any atom is -0.0236 e. The van der Waals surface area contributed by atoms with Gasteiger partial charge in [0.25, 0.3) is 0 Å². The highest BCUT2D eigenvalue weighted by molar-refractivity contribution is 4.93. The van der Waals surface area contributed by atoms with Crippen LogP contribution in [-0.4, -0.2) is 0 Å². The third-order valence-electron chi connectivity index (χ3n) is 2.13. The average molecular weight is 110 g/mol. The summed E-state index contributed by atoms with van der Waals surface area (Å²) in [6.45, 7) is 4.62. The lowest BCUT2D eigenvalue weighted by atomic mass is 9.87. The highest BCUT2D eigenvalue weighted by atomic mass is 14.2. The van der Waals surface area contributed by atoms with Gasteiger partial charge < -0.3 is 0 Å². The summed E-state index contributed by atoms with van der Waals surface area (Å²) in [6.07, 6.45) is 7.31. The molecule has 0 saturated heterocycles. The minimum absolute atomic E-state index is 0.823. The van der Waals surface area contributed by atoms with E-state index in [-0.39, 0.29) is 0 Å².